The minimum absolute atomic E-state index is 0.0471. The second-order valence-electron chi connectivity index (χ2n) is 8.84. The minimum Gasteiger partial charge on any atom is -0.444 e. The van der Waals surface area contributed by atoms with Crippen LogP contribution in [0, 0.1) is 0 Å². The lowest BCUT2D eigenvalue weighted by Crippen LogP contribution is -2.70. The molecule has 0 radical (unpaired) electrons. The third kappa shape index (κ3) is 3.88. The number of carbonyl (C=O) groups excluding carboxylic acids is 1. The zero-order valence-electron chi connectivity index (χ0n) is 17.7. The molecule has 2 unspecified atom stereocenters. The molecule has 7 nitrogen and oxygen atoms in total. The molecule has 5 heterocycles. The number of rotatable bonds is 4. The lowest BCUT2D eigenvalue weighted by atomic mass is 9.88. The highest BCUT2D eigenvalue weighted by molar-refractivity contribution is 7.22. The van der Waals surface area contributed by atoms with Crippen LogP contribution in [0.4, 0.5) is 18.7 Å². The van der Waals surface area contributed by atoms with Crippen LogP contribution in [0.3, 0.4) is 0 Å². The van der Waals surface area contributed by atoms with Gasteiger partial charge >= 0.3 is 12.7 Å². The van der Waals surface area contributed by atoms with E-state index in [4.69, 9.17) is 14.5 Å². The van der Waals surface area contributed by atoms with E-state index in [1.165, 1.54) is 22.7 Å². The van der Waals surface area contributed by atoms with Gasteiger partial charge in [0.25, 0.3) is 0 Å². The normalized spacial score (nSPS) is 20.6. The molecule has 0 N–H and O–H groups in total. The van der Waals surface area contributed by atoms with Crippen LogP contribution in [-0.4, -0.2) is 58.3 Å². The number of ether oxygens (including phenoxy) is 2. The largest absolute Gasteiger partial charge is 0.444 e. The van der Waals surface area contributed by atoms with E-state index < -0.39 is 12.2 Å². The average molecular weight is 481 g/mol. The Hall–Kier alpha value is -2.53. The number of hydrogen-bond acceptors (Lipinski definition) is 8. The van der Waals surface area contributed by atoms with Gasteiger partial charge in [-0.1, -0.05) is 11.3 Å². The van der Waals surface area contributed by atoms with Crippen LogP contribution >= 0.6 is 22.7 Å². The van der Waals surface area contributed by atoms with Crippen molar-refractivity contribution in [3.05, 3.63) is 23.7 Å². The van der Waals surface area contributed by atoms with E-state index in [0.717, 1.165) is 22.1 Å². The molecule has 1 aromatic carbocycles. The quantitative estimate of drug-likeness (QED) is 0.510. The number of fused-ring (bicyclic) bond motifs is 3. The molecular formula is C21H22F2N4O3S2. The van der Waals surface area contributed by atoms with Crippen molar-refractivity contribution < 1.29 is 23.0 Å². The van der Waals surface area contributed by atoms with Crippen LogP contribution in [0.1, 0.15) is 27.2 Å². The molecule has 3 fully saturated rings. The van der Waals surface area contributed by atoms with Gasteiger partial charge in [-0.3, -0.25) is 4.90 Å². The van der Waals surface area contributed by atoms with Crippen LogP contribution in [0.2, 0.25) is 0 Å². The fraction of sp³-hybridized carbons (Fsp3) is 0.476. The number of alkyl halides is 2. The third-order valence-electron chi connectivity index (χ3n) is 5.44. The first-order valence-electron chi connectivity index (χ1n) is 10.2. The molecule has 11 heteroatoms. The van der Waals surface area contributed by atoms with Crippen molar-refractivity contribution in [1.29, 1.82) is 0 Å². The number of aromatic nitrogens is 2. The first-order valence-corrected chi connectivity index (χ1v) is 11.9. The van der Waals surface area contributed by atoms with Crippen molar-refractivity contribution in [3.8, 4) is 16.3 Å². The highest BCUT2D eigenvalue weighted by Crippen LogP contribution is 2.44. The van der Waals surface area contributed by atoms with E-state index in [9.17, 15) is 13.6 Å². The van der Waals surface area contributed by atoms with Crippen LogP contribution in [0.15, 0.2) is 23.7 Å². The topological polar surface area (TPSA) is 67.8 Å². The van der Waals surface area contributed by atoms with E-state index in [-0.39, 0.29) is 23.9 Å². The molecule has 3 saturated heterocycles. The molecule has 3 aromatic rings. The van der Waals surface area contributed by atoms with Crippen molar-refractivity contribution in [1.82, 2.24) is 14.9 Å². The van der Waals surface area contributed by atoms with E-state index >= 15 is 0 Å². The van der Waals surface area contributed by atoms with Crippen molar-refractivity contribution >= 4 is 44.1 Å². The number of carbonyl (C=O) groups is 1. The standard InChI is InChI=1S/C21H22F2N4O3S2/c1-21(2,3)30-20(28)27-11-8-12(27)10-26(9-11)19-25-15-13(17-24-6-7-31-17)4-5-14(16(15)32-19)29-18(22)23/h4-7,11-12,18H,8-10H2,1-3H3. The Morgan fingerprint density at radius 3 is 2.62 bits per heavy atom. The average Bonchev–Trinajstić information content (AvgIpc) is 3.37. The first kappa shape index (κ1) is 21.3. The van der Waals surface area contributed by atoms with Crippen LogP contribution in [-0.2, 0) is 4.74 Å². The number of thiazole rings is 2. The number of hydrogen-bond donors (Lipinski definition) is 0. The molecule has 3 aliphatic heterocycles. The van der Waals surface area contributed by atoms with Crippen molar-refractivity contribution in [3.63, 3.8) is 0 Å². The molecule has 2 bridgehead atoms. The molecule has 2 aromatic heterocycles. The lowest BCUT2D eigenvalue weighted by molar-refractivity contribution is -0.0487. The molecule has 3 aliphatic rings. The van der Waals surface area contributed by atoms with Crippen LogP contribution < -0.4 is 9.64 Å². The van der Waals surface area contributed by atoms with Gasteiger partial charge in [-0.25, -0.2) is 14.8 Å². The number of amides is 1. The third-order valence-corrected chi connectivity index (χ3v) is 7.38. The lowest BCUT2D eigenvalue weighted by Gasteiger charge is -2.55. The summed E-state index contributed by atoms with van der Waals surface area (Å²) in [7, 11) is 0. The monoisotopic (exact) mass is 480 g/mol. The summed E-state index contributed by atoms with van der Waals surface area (Å²) >= 11 is 2.79. The number of nitrogens with zero attached hydrogens (tertiary/aromatic N) is 4. The molecule has 6 rings (SSSR count). The van der Waals surface area contributed by atoms with Gasteiger partial charge in [0.2, 0.25) is 0 Å². The fourth-order valence-corrected chi connectivity index (χ4v) is 5.93. The number of anilines is 1. The molecule has 2 atom stereocenters. The SMILES string of the molecule is CC(C)(C)OC(=O)N1C2CC1CN(c1nc3c(-c4nccs4)ccc(OC(F)F)c3s1)C2. The number of piperidine rings is 1. The van der Waals surface area contributed by atoms with Crippen LogP contribution in [0.25, 0.3) is 20.8 Å². The smallest absolute Gasteiger partial charge is 0.410 e. The van der Waals surface area contributed by atoms with Crippen molar-refractivity contribution in [2.24, 2.45) is 0 Å². The molecule has 32 heavy (non-hydrogen) atoms. The maximum absolute atomic E-state index is 13.0. The summed E-state index contributed by atoms with van der Waals surface area (Å²) < 4.78 is 36.8. The molecule has 0 aliphatic carbocycles. The van der Waals surface area contributed by atoms with Gasteiger partial charge in [-0.15, -0.1) is 11.3 Å². The van der Waals surface area contributed by atoms with E-state index in [1.54, 1.807) is 23.2 Å². The zero-order chi connectivity index (χ0) is 22.6. The highest BCUT2D eigenvalue weighted by Gasteiger charge is 2.49. The molecule has 1 amide bonds. The summed E-state index contributed by atoms with van der Waals surface area (Å²) in [4.78, 5) is 25.6. The van der Waals surface area contributed by atoms with E-state index in [2.05, 4.69) is 9.88 Å². The van der Waals surface area contributed by atoms with E-state index in [0.29, 0.717) is 23.3 Å². The Bertz CT molecular complexity index is 1130. The Balaban J connectivity index is 1.43. The number of halogens is 2. The predicted octanol–water partition coefficient (Wildman–Crippen LogP) is 5.22. The van der Waals surface area contributed by atoms with Crippen LogP contribution in [0.5, 0.6) is 5.75 Å². The maximum atomic E-state index is 13.0. The second kappa shape index (κ2) is 7.80. The molecular weight excluding hydrogens is 458 g/mol. The Morgan fingerprint density at radius 2 is 2.00 bits per heavy atom. The van der Waals surface area contributed by atoms with Gasteiger partial charge in [-0.05, 0) is 39.3 Å². The van der Waals surface area contributed by atoms with E-state index in [1.807, 2.05) is 26.2 Å². The van der Waals surface area contributed by atoms with Gasteiger partial charge in [0.1, 0.15) is 16.4 Å². The maximum Gasteiger partial charge on any atom is 0.410 e. The summed E-state index contributed by atoms with van der Waals surface area (Å²) in [5, 5.41) is 3.36. The zero-order valence-corrected chi connectivity index (χ0v) is 19.4. The first-order chi connectivity index (χ1) is 15.2. The molecule has 0 saturated carbocycles. The Labute approximate surface area is 191 Å². The summed E-state index contributed by atoms with van der Waals surface area (Å²) in [5.74, 6) is 0.108. The minimum atomic E-state index is -2.92. The van der Waals surface area contributed by atoms with Gasteiger partial charge < -0.3 is 14.4 Å². The molecule has 170 valence electrons. The van der Waals surface area contributed by atoms with Crippen molar-refractivity contribution in [2.75, 3.05) is 18.0 Å². The van der Waals surface area contributed by atoms with Gasteiger partial charge in [0.15, 0.2) is 5.13 Å². The second-order valence-corrected chi connectivity index (χ2v) is 10.7. The Morgan fingerprint density at radius 1 is 1.25 bits per heavy atom. The summed E-state index contributed by atoms with van der Waals surface area (Å²) in [6.45, 7) is 3.88. The summed E-state index contributed by atoms with van der Waals surface area (Å²) in [6.07, 6.45) is 2.33. The van der Waals surface area contributed by atoms with Gasteiger partial charge in [-0.2, -0.15) is 8.78 Å². The van der Waals surface area contributed by atoms with Crippen molar-refractivity contribution in [2.45, 2.75) is 51.5 Å². The van der Waals surface area contributed by atoms with Gasteiger partial charge in [0.05, 0.1) is 22.3 Å². The highest BCUT2D eigenvalue weighted by atomic mass is 32.1. The fourth-order valence-electron chi connectivity index (χ4n) is 4.20. The summed E-state index contributed by atoms with van der Waals surface area (Å²) in [5.41, 5.74) is 0.846. The predicted molar refractivity (Wildman–Crippen MR) is 120 cm³/mol. The van der Waals surface area contributed by atoms with Gasteiger partial charge in [0, 0.05) is 30.2 Å². The molecule has 0 spiro atoms. The summed E-state index contributed by atoms with van der Waals surface area (Å²) in [6, 6.07) is 3.36. The number of benzene rings is 1. The Kier molecular flexibility index (Phi) is 5.20. The number of piperazine rings is 1.